The molecule has 0 aliphatic carbocycles. The van der Waals surface area contributed by atoms with Gasteiger partial charge in [-0.2, -0.15) is 11.8 Å². The number of amides is 1. The molecular weight excluding hydrogens is 282 g/mol. The van der Waals surface area contributed by atoms with Crippen LogP contribution in [0.3, 0.4) is 0 Å². The molecule has 3 N–H and O–H groups in total. The second-order valence-electron chi connectivity index (χ2n) is 3.98. The second kappa shape index (κ2) is 8.39. The Morgan fingerprint density at radius 2 is 2.30 bits per heavy atom. The first-order valence-corrected chi connectivity index (χ1v) is 7.10. The van der Waals surface area contributed by atoms with Crippen LogP contribution in [0.2, 0.25) is 0 Å². The highest BCUT2D eigenvalue weighted by Crippen LogP contribution is 2.24. The van der Waals surface area contributed by atoms with E-state index in [1.54, 1.807) is 7.11 Å². The SMILES string of the molecule is COCCCSCC(=O)Nc1cc([N+](=O)[O-])ccc1N. The van der Waals surface area contributed by atoms with E-state index in [-0.39, 0.29) is 23.0 Å². The van der Waals surface area contributed by atoms with Crippen LogP contribution in [0.4, 0.5) is 17.1 Å². The lowest BCUT2D eigenvalue weighted by molar-refractivity contribution is -0.384. The summed E-state index contributed by atoms with van der Waals surface area (Å²) in [5, 5.41) is 13.2. The summed E-state index contributed by atoms with van der Waals surface area (Å²) in [7, 11) is 1.63. The summed E-state index contributed by atoms with van der Waals surface area (Å²) in [4.78, 5) is 21.8. The Kier molecular flexibility index (Phi) is 6.82. The van der Waals surface area contributed by atoms with Crippen molar-refractivity contribution >= 4 is 34.7 Å². The van der Waals surface area contributed by atoms with Gasteiger partial charge in [0.05, 0.1) is 22.1 Å². The predicted molar refractivity (Wildman–Crippen MR) is 80.0 cm³/mol. The molecule has 0 fully saturated rings. The third-order valence-electron chi connectivity index (χ3n) is 2.39. The van der Waals surface area contributed by atoms with Crippen LogP contribution in [0.15, 0.2) is 18.2 Å². The maximum Gasteiger partial charge on any atom is 0.271 e. The third kappa shape index (κ3) is 5.45. The van der Waals surface area contributed by atoms with E-state index in [2.05, 4.69) is 5.32 Å². The molecule has 0 unspecified atom stereocenters. The first-order chi connectivity index (χ1) is 9.54. The van der Waals surface area contributed by atoms with Crippen LogP contribution < -0.4 is 11.1 Å². The molecule has 0 bridgehead atoms. The number of nitro benzene ring substituents is 1. The number of methoxy groups -OCH3 is 1. The van der Waals surface area contributed by atoms with E-state index in [1.807, 2.05) is 0 Å². The Morgan fingerprint density at radius 3 is 2.95 bits per heavy atom. The van der Waals surface area contributed by atoms with Crippen LogP contribution in [-0.4, -0.2) is 36.1 Å². The fourth-order valence-corrected chi connectivity index (χ4v) is 2.15. The van der Waals surface area contributed by atoms with Crippen molar-refractivity contribution in [2.45, 2.75) is 6.42 Å². The summed E-state index contributed by atoms with van der Waals surface area (Å²) in [6, 6.07) is 3.95. The first kappa shape index (κ1) is 16.3. The van der Waals surface area contributed by atoms with E-state index in [9.17, 15) is 14.9 Å². The average molecular weight is 299 g/mol. The minimum absolute atomic E-state index is 0.109. The van der Waals surface area contributed by atoms with E-state index < -0.39 is 4.92 Å². The molecule has 110 valence electrons. The average Bonchev–Trinajstić information content (AvgIpc) is 2.40. The van der Waals surface area contributed by atoms with Crippen molar-refractivity contribution < 1.29 is 14.5 Å². The Hall–Kier alpha value is -1.80. The van der Waals surface area contributed by atoms with Crippen molar-refractivity contribution in [2.24, 2.45) is 0 Å². The molecule has 7 nitrogen and oxygen atoms in total. The molecule has 1 rings (SSSR count). The highest BCUT2D eigenvalue weighted by molar-refractivity contribution is 7.99. The number of nitro groups is 1. The quantitative estimate of drug-likeness (QED) is 0.328. The van der Waals surface area contributed by atoms with Crippen LogP contribution in [0, 0.1) is 10.1 Å². The fraction of sp³-hybridized carbons (Fsp3) is 0.417. The lowest BCUT2D eigenvalue weighted by atomic mass is 10.2. The van der Waals surface area contributed by atoms with Crippen molar-refractivity contribution in [3.8, 4) is 0 Å². The second-order valence-corrected chi connectivity index (χ2v) is 5.08. The number of nitrogen functional groups attached to an aromatic ring is 1. The molecule has 0 aliphatic rings. The summed E-state index contributed by atoms with van der Waals surface area (Å²) in [6.07, 6.45) is 0.868. The fourth-order valence-electron chi connectivity index (χ4n) is 1.42. The number of nitrogens with one attached hydrogen (secondary N) is 1. The van der Waals surface area contributed by atoms with Gasteiger partial charge in [0.2, 0.25) is 5.91 Å². The number of nitrogens with zero attached hydrogens (tertiary/aromatic N) is 1. The maximum atomic E-state index is 11.7. The molecule has 0 spiro atoms. The van der Waals surface area contributed by atoms with Gasteiger partial charge in [-0.1, -0.05) is 0 Å². The van der Waals surface area contributed by atoms with Crippen molar-refractivity contribution in [3.05, 3.63) is 28.3 Å². The van der Waals surface area contributed by atoms with Crippen LogP contribution >= 0.6 is 11.8 Å². The van der Waals surface area contributed by atoms with Crippen LogP contribution in [0.5, 0.6) is 0 Å². The smallest absolute Gasteiger partial charge is 0.271 e. The minimum Gasteiger partial charge on any atom is -0.397 e. The summed E-state index contributed by atoms with van der Waals surface area (Å²) in [5.41, 5.74) is 6.13. The van der Waals surface area contributed by atoms with E-state index in [0.29, 0.717) is 12.3 Å². The molecular formula is C12H17N3O4S. The largest absolute Gasteiger partial charge is 0.397 e. The van der Waals surface area contributed by atoms with Crippen LogP contribution in [-0.2, 0) is 9.53 Å². The number of ether oxygens (including phenoxy) is 1. The van der Waals surface area contributed by atoms with Gasteiger partial charge in [-0.25, -0.2) is 0 Å². The minimum atomic E-state index is -0.533. The lowest BCUT2D eigenvalue weighted by Gasteiger charge is -2.07. The summed E-state index contributed by atoms with van der Waals surface area (Å²) < 4.78 is 4.90. The molecule has 8 heteroatoms. The number of hydrogen-bond donors (Lipinski definition) is 2. The molecule has 20 heavy (non-hydrogen) atoms. The number of rotatable bonds is 8. The molecule has 1 amide bonds. The van der Waals surface area contributed by atoms with E-state index in [0.717, 1.165) is 12.2 Å². The summed E-state index contributed by atoms with van der Waals surface area (Å²) in [6.45, 7) is 0.659. The summed E-state index contributed by atoms with van der Waals surface area (Å²) >= 11 is 1.47. The van der Waals surface area contributed by atoms with Gasteiger partial charge < -0.3 is 15.8 Å². The van der Waals surface area contributed by atoms with Gasteiger partial charge in [0.25, 0.3) is 5.69 Å². The predicted octanol–water partition coefficient (Wildman–Crippen LogP) is 1.89. The molecule has 1 aromatic carbocycles. The standard InChI is InChI=1S/C12H17N3O4S/c1-19-5-2-6-20-8-12(16)14-11-7-9(15(17)18)3-4-10(11)13/h3-4,7H,2,5-6,8,13H2,1H3,(H,14,16). The third-order valence-corrected chi connectivity index (χ3v) is 3.44. The Labute approximate surface area is 121 Å². The van der Waals surface area contributed by atoms with Gasteiger partial charge >= 0.3 is 0 Å². The monoisotopic (exact) mass is 299 g/mol. The Balaban J connectivity index is 2.49. The normalized spacial score (nSPS) is 10.2. The van der Waals surface area contributed by atoms with E-state index in [4.69, 9.17) is 10.5 Å². The zero-order valence-corrected chi connectivity index (χ0v) is 11.9. The number of carbonyl (C=O) groups is 1. The molecule has 0 aliphatic heterocycles. The van der Waals surface area contributed by atoms with Gasteiger partial charge in [-0.05, 0) is 18.2 Å². The van der Waals surface area contributed by atoms with Crippen molar-refractivity contribution in [1.82, 2.24) is 0 Å². The molecule has 0 heterocycles. The van der Waals surface area contributed by atoms with E-state index >= 15 is 0 Å². The van der Waals surface area contributed by atoms with Gasteiger partial charge in [0.1, 0.15) is 0 Å². The van der Waals surface area contributed by atoms with Crippen molar-refractivity contribution in [1.29, 1.82) is 0 Å². The molecule has 0 atom stereocenters. The molecule has 0 aromatic heterocycles. The lowest BCUT2D eigenvalue weighted by Crippen LogP contribution is -2.15. The molecule has 0 saturated heterocycles. The number of anilines is 2. The number of non-ortho nitro benzene ring substituents is 1. The van der Waals surface area contributed by atoms with Crippen LogP contribution in [0.1, 0.15) is 6.42 Å². The zero-order chi connectivity index (χ0) is 15.0. The number of hydrogen-bond acceptors (Lipinski definition) is 6. The maximum absolute atomic E-state index is 11.7. The topological polar surface area (TPSA) is 107 Å². The molecule has 1 aromatic rings. The van der Waals surface area contributed by atoms with Crippen molar-refractivity contribution in [2.75, 3.05) is 36.3 Å². The number of carbonyl (C=O) groups excluding carboxylic acids is 1. The van der Waals surface area contributed by atoms with Gasteiger partial charge in [0.15, 0.2) is 0 Å². The van der Waals surface area contributed by atoms with Gasteiger partial charge in [-0.15, -0.1) is 0 Å². The highest BCUT2D eigenvalue weighted by Gasteiger charge is 2.11. The number of thioether (sulfide) groups is 1. The highest BCUT2D eigenvalue weighted by atomic mass is 32.2. The summed E-state index contributed by atoms with van der Waals surface area (Å²) in [5.74, 6) is 0.844. The first-order valence-electron chi connectivity index (χ1n) is 5.95. The van der Waals surface area contributed by atoms with Crippen molar-refractivity contribution in [3.63, 3.8) is 0 Å². The van der Waals surface area contributed by atoms with Gasteiger partial charge in [0, 0.05) is 25.8 Å². The van der Waals surface area contributed by atoms with Gasteiger partial charge in [-0.3, -0.25) is 14.9 Å². The molecule has 0 radical (unpaired) electrons. The Morgan fingerprint density at radius 1 is 1.55 bits per heavy atom. The van der Waals surface area contributed by atoms with E-state index in [1.165, 1.54) is 30.0 Å². The Bertz CT molecular complexity index is 482. The number of nitrogens with two attached hydrogens (primary N) is 1. The van der Waals surface area contributed by atoms with Crippen LogP contribution in [0.25, 0.3) is 0 Å². The zero-order valence-electron chi connectivity index (χ0n) is 11.1. The number of benzene rings is 1. The molecule has 0 saturated carbocycles.